The summed E-state index contributed by atoms with van der Waals surface area (Å²) in [5.74, 6) is -1.70. The molecule has 0 aliphatic heterocycles. The number of hydrogen-bond donors (Lipinski definition) is 1. The third kappa shape index (κ3) is 7.60. The van der Waals surface area contributed by atoms with Crippen molar-refractivity contribution in [1.82, 2.24) is 5.32 Å². The van der Waals surface area contributed by atoms with Gasteiger partial charge in [0.15, 0.2) is 0 Å². The fourth-order valence-electron chi connectivity index (χ4n) is 1.71. The molecule has 0 bridgehead atoms. The lowest BCUT2D eigenvalue weighted by atomic mass is 10.2. The lowest BCUT2D eigenvalue weighted by Gasteiger charge is -2.19. The number of nitro benzene ring substituents is 1. The van der Waals surface area contributed by atoms with Crippen LogP contribution in [0, 0.1) is 10.1 Å². The molecule has 0 heterocycles. The van der Waals surface area contributed by atoms with E-state index in [0.29, 0.717) is 5.56 Å². The van der Waals surface area contributed by atoms with Gasteiger partial charge < -0.3 is 19.5 Å². The van der Waals surface area contributed by atoms with Crippen molar-refractivity contribution in [2.45, 2.75) is 39.9 Å². The van der Waals surface area contributed by atoms with Crippen LogP contribution in [0.5, 0.6) is 5.75 Å². The Morgan fingerprint density at radius 3 is 2.42 bits per heavy atom. The number of amides is 1. The number of carbonyl (C=O) groups excluding carboxylic acids is 3. The zero-order chi connectivity index (χ0) is 19.9. The summed E-state index contributed by atoms with van der Waals surface area (Å²) in [5.41, 5.74) is -0.709. The minimum Gasteiger partial charge on any atom is -0.459 e. The molecule has 1 aromatic rings. The molecule has 0 radical (unpaired) electrons. The minimum atomic E-state index is -0.762. The highest BCUT2D eigenvalue weighted by atomic mass is 16.6. The predicted octanol–water partition coefficient (Wildman–Crippen LogP) is 2.09. The van der Waals surface area contributed by atoms with Crippen LogP contribution in [0.15, 0.2) is 18.2 Å². The molecule has 1 amide bonds. The first-order valence-corrected chi connectivity index (χ1v) is 7.56. The van der Waals surface area contributed by atoms with Crippen molar-refractivity contribution in [3.05, 3.63) is 33.9 Å². The van der Waals surface area contributed by atoms with Gasteiger partial charge in [-0.2, -0.15) is 0 Å². The van der Waals surface area contributed by atoms with Gasteiger partial charge in [0, 0.05) is 13.0 Å². The van der Waals surface area contributed by atoms with E-state index in [1.54, 1.807) is 20.8 Å². The van der Waals surface area contributed by atoms with Gasteiger partial charge in [0.25, 0.3) is 0 Å². The van der Waals surface area contributed by atoms with Gasteiger partial charge in [-0.1, -0.05) is 0 Å². The number of nitro groups is 1. The van der Waals surface area contributed by atoms with Gasteiger partial charge in [-0.3, -0.25) is 19.7 Å². The standard InChI is InChI=1S/C16H20N2O8/c1-10(19)25-13-7-11(5-6-12(13)18(22)23)9-24-14(20)8-17-15(21)26-16(2,3)4/h5-7H,8-9H2,1-4H3,(H,17,21). The predicted molar refractivity (Wildman–Crippen MR) is 88.4 cm³/mol. The van der Waals surface area contributed by atoms with Gasteiger partial charge in [-0.05, 0) is 38.5 Å². The van der Waals surface area contributed by atoms with Crippen molar-refractivity contribution in [2.75, 3.05) is 6.54 Å². The van der Waals surface area contributed by atoms with Crippen LogP contribution in [0.25, 0.3) is 0 Å². The Morgan fingerprint density at radius 2 is 1.88 bits per heavy atom. The van der Waals surface area contributed by atoms with E-state index in [1.807, 2.05) is 0 Å². The molecule has 10 nitrogen and oxygen atoms in total. The summed E-state index contributed by atoms with van der Waals surface area (Å²) in [6, 6.07) is 3.73. The third-order valence-electron chi connectivity index (χ3n) is 2.65. The molecule has 0 fully saturated rings. The van der Waals surface area contributed by atoms with E-state index in [0.717, 1.165) is 13.0 Å². The van der Waals surface area contributed by atoms with Gasteiger partial charge >= 0.3 is 23.7 Å². The molecule has 1 N–H and O–H groups in total. The van der Waals surface area contributed by atoms with Crippen LogP contribution in [-0.4, -0.2) is 35.1 Å². The van der Waals surface area contributed by atoms with E-state index >= 15 is 0 Å². The zero-order valence-corrected chi connectivity index (χ0v) is 14.9. The molecule has 10 heteroatoms. The summed E-state index contributed by atoms with van der Waals surface area (Å²) in [7, 11) is 0. The molecule has 0 aliphatic carbocycles. The highest BCUT2D eigenvalue weighted by molar-refractivity contribution is 5.78. The molecule has 0 spiro atoms. The second kappa shape index (κ2) is 8.79. The van der Waals surface area contributed by atoms with Crippen LogP contribution in [0.4, 0.5) is 10.5 Å². The van der Waals surface area contributed by atoms with E-state index in [2.05, 4.69) is 5.32 Å². The number of ether oxygens (including phenoxy) is 3. The number of nitrogens with zero attached hydrogens (tertiary/aromatic N) is 1. The summed E-state index contributed by atoms with van der Waals surface area (Å²) in [6.45, 7) is 5.53. The van der Waals surface area contributed by atoms with Crippen molar-refractivity contribution in [2.24, 2.45) is 0 Å². The van der Waals surface area contributed by atoms with Crippen LogP contribution in [0.1, 0.15) is 33.3 Å². The number of nitrogens with one attached hydrogen (secondary N) is 1. The van der Waals surface area contributed by atoms with Gasteiger partial charge in [0.1, 0.15) is 18.8 Å². The smallest absolute Gasteiger partial charge is 0.408 e. The average Bonchev–Trinajstić information content (AvgIpc) is 2.48. The summed E-state index contributed by atoms with van der Waals surface area (Å²) in [4.78, 5) is 44.3. The summed E-state index contributed by atoms with van der Waals surface area (Å²) >= 11 is 0. The number of hydrogen-bond acceptors (Lipinski definition) is 8. The normalized spacial score (nSPS) is 10.6. The molecular weight excluding hydrogens is 348 g/mol. The average molecular weight is 368 g/mol. The topological polar surface area (TPSA) is 134 Å². The molecule has 1 rings (SSSR count). The number of benzene rings is 1. The second-order valence-electron chi connectivity index (χ2n) is 6.17. The Balaban J connectivity index is 2.61. The maximum absolute atomic E-state index is 11.6. The van der Waals surface area contributed by atoms with E-state index in [4.69, 9.17) is 14.2 Å². The largest absolute Gasteiger partial charge is 0.459 e. The first kappa shape index (κ1) is 20.9. The van der Waals surface area contributed by atoms with E-state index in [1.165, 1.54) is 12.1 Å². The van der Waals surface area contributed by atoms with Crippen molar-refractivity contribution >= 4 is 23.7 Å². The van der Waals surface area contributed by atoms with Crippen molar-refractivity contribution in [3.63, 3.8) is 0 Å². The Labute approximate surface area is 149 Å². The second-order valence-corrected chi connectivity index (χ2v) is 6.17. The summed E-state index contributed by atoms with van der Waals surface area (Å²) in [5, 5.41) is 13.1. The molecule has 0 saturated heterocycles. The lowest BCUT2D eigenvalue weighted by molar-refractivity contribution is -0.385. The highest BCUT2D eigenvalue weighted by Crippen LogP contribution is 2.28. The van der Waals surface area contributed by atoms with Gasteiger partial charge in [0.2, 0.25) is 5.75 Å². The van der Waals surface area contributed by atoms with Crippen molar-refractivity contribution < 1.29 is 33.5 Å². The highest BCUT2D eigenvalue weighted by Gasteiger charge is 2.19. The number of carbonyl (C=O) groups is 3. The quantitative estimate of drug-likeness (QED) is 0.349. The molecule has 0 aromatic heterocycles. The maximum Gasteiger partial charge on any atom is 0.408 e. The molecule has 26 heavy (non-hydrogen) atoms. The number of rotatable bonds is 6. The fraction of sp³-hybridized carbons (Fsp3) is 0.438. The third-order valence-corrected chi connectivity index (χ3v) is 2.65. The summed E-state index contributed by atoms with van der Waals surface area (Å²) < 4.78 is 14.7. The minimum absolute atomic E-state index is 0.221. The monoisotopic (exact) mass is 368 g/mol. The van der Waals surface area contributed by atoms with Crippen LogP contribution < -0.4 is 10.1 Å². The van der Waals surface area contributed by atoms with Gasteiger partial charge in [0.05, 0.1) is 4.92 Å². The SMILES string of the molecule is CC(=O)Oc1cc(COC(=O)CNC(=O)OC(C)(C)C)ccc1[N+](=O)[O-]. The van der Waals surface area contributed by atoms with Crippen LogP contribution >= 0.6 is 0 Å². The first-order chi connectivity index (χ1) is 12.0. The van der Waals surface area contributed by atoms with E-state index < -0.39 is 35.1 Å². The Kier molecular flexibility index (Phi) is 7.06. The molecule has 142 valence electrons. The number of alkyl carbamates (subject to hydrolysis) is 1. The van der Waals surface area contributed by atoms with Crippen LogP contribution in [0.3, 0.4) is 0 Å². The maximum atomic E-state index is 11.6. The molecule has 0 atom stereocenters. The van der Waals surface area contributed by atoms with E-state index in [9.17, 15) is 24.5 Å². The zero-order valence-electron chi connectivity index (χ0n) is 14.9. The molecule has 0 unspecified atom stereocenters. The molecule has 1 aromatic carbocycles. The molecular formula is C16H20N2O8. The Bertz CT molecular complexity index is 709. The summed E-state index contributed by atoms with van der Waals surface area (Å²) in [6.07, 6.45) is -0.762. The van der Waals surface area contributed by atoms with Crippen LogP contribution in [-0.2, 0) is 25.7 Å². The Hall–Kier alpha value is -3.17. The first-order valence-electron chi connectivity index (χ1n) is 7.56. The van der Waals surface area contributed by atoms with Crippen molar-refractivity contribution in [1.29, 1.82) is 0 Å². The molecule has 0 saturated carbocycles. The lowest BCUT2D eigenvalue weighted by Crippen LogP contribution is -2.36. The van der Waals surface area contributed by atoms with Crippen LogP contribution in [0.2, 0.25) is 0 Å². The fourth-order valence-corrected chi connectivity index (χ4v) is 1.71. The number of esters is 2. The van der Waals surface area contributed by atoms with Gasteiger partial charge in [-0.25, -0.2) is 4.79 Å². The van der Waals surface area contributed by atoms with Gasteiger partial charge in [-0.15, -0.1) is 0 Å². The van der Waals surface area contributed by atoms with E-state index in [-0.39, 0.29) is 18.0 Å². The Morgan fingerprint density at radius 1 is 1.23 bits per heavy atom. The van der Waals surface area contributed by atoms with Crippen molar-refractivity contribution in [3.8, 4) is 5.75 Å². The molecule has 0 aliphatic rings.